The highest BCUT2D eigenvalue weighted by molar-refractivity contribution is 7.99. The van der Waals surface area contributed by atoms with Crippen LogP contribution in [-0.2, 0) is 16.1 Å². The first kappa shape index (κ1) is 22.2. The van der Waals surface area contributed by atoms with Gasteiger partial charge in [0.15, 0.2) is 16.7 Å². The summed E-state index contributed by atoms with van der Waals surface area (Å²) in [4.78, 5) is 14.8. The number of piperidine rings is 1. The molecule has 2 saturated heterocycles. The zero-order chi connectivity index (χ0) is 22.8. The fourth-order valence-corrected chi connectivity index (χ4v) is 4.96. The van der Waals surface area contributed by atoms with Gasteiger partial charge >= 0.3 is 6.29 Å². The Labute approximate surface area is 193 Å². The molecule has 1 atom stereocenters. The van der Waals surface area contributed by atoms with E-state index in [9.17, 15) is 13.6 Å². The minimum absolute atomic E-state index is 0.0696. The van der Waals surface area contributed by atoms with Gasteiger partial charge in [-0.15, -0.1) is 19.0 Å². The van der Waals surface area contributed by atoms with E-state index in [1.54, 1.807) is 0 Å². The summed E-state index contributed by atoms with van der Waals surface area (Å²) < 4.78 is 43.1. The van der Waals surface area contributed by atoms with Crippen LogP contribution in [0.3, 0.4) is 0 Å². The smallest absolute Gasteiger partial charge is 0.395 e. The zero-order valence-corrected chi connectivity index (χ0v) is 18.8. The number of aromatic nitrogens is 3. The lowest BCUT2D eigenvalue weighted by molar-refractivity contribution is -0.286. The largest absolute Gasteiger partial charge is 0.586 e. The maximum absolute atomic E-state index is 13.2. The van der Waals surface area contributed by atoms with Crippen molar-refractivity contribution in [2.75, 3.05) is 35.7 Å². The summed E-state index contributed by atoms with van der Waals surface area (Å²) in [6.45, 7) is 3.30. The molecule has 2 fully saturated rings. The van der Waals surface area contributed by atoms with E-state index in [-0.39, 0.29) is 29.3 Å². The lowest BCUT2D eigenvalue weighted by Crippen LogP contribution is -2.33. The Hall–Kier alpha value is -2.60. The third-order valence-corrected chi connectivity index (χ3v) is 6.73. The van der Waals surface area contributed by atoms with E-state index in [0.717, 1.165) is 51.3 Å². The predicted molar refractivity (Wildman–Crippen MR) is 117 cm³/mol. The van der Waals surface area contributed by atoms with E-state index in [4.69, 9.17) is 4.74 Å². The van der Waals surface area contributed by atoms with Crippen molar-refractivity contribution >= 4 is 29.3 Å². The Kier molecular flexibility index (Phi) is 6.28. The number of benzene rings is 1. The molecule has 0 aliphatic carbocycles. The summed E-state index contributed by atoms with van der Waals surface area (Å²) in [5.74, 6) is 0.434. The first-order chi connectivity index (χ1) is 16.0. The Bertz CT molecular complexity index is 1010. The van der Waals surface area contributed by atoms with Crippen LogP contribution in [-0.4, -0.2) is 58.5 Å². The van der Waals surface area contributed by atoms with Crippen LogP contribution in [0.2, 0.25) is 0 Å². The second-order valence-electron chi connectivity index (χ2n) is 8.24. The first-order valence-corrected chi connectivity index (χ1v) is 12.1. The van der Waals surface area contributed by atoms with Crippen molar-refractivity contribution in [2.24, 2.45) is 0 Å². The van der Waals surface area contributed by atoms with Crippen molar-refractivity contribution in [2.45, 2.75) is 56.2 Å². The number of carbonyl (C=O) groups is 1. The summed E-state index contributed by atoms with van der Waals surface area (Å²) in [5, 5.41) is 12.1. The standard InChI is InChI=1S/C21H25F2N5O4S/c22-21(23)31-16-7-6-14(11-17(16)32-21)24-18(29)13-33-20-26-25-19(27-8-2-1-3-9-27)28(20)12-15-5-4-10-30-15/h6-7,11,15H,1-5,8-10,12-13H2,(H,24,29). The fourth-order valence-electron chi connectivity index (χ4n) is 4.22. The minimum Gasteiger partial charge on any atom is -0.395 e. The molecule has 2 aromatic rings. The highest BCUT2D eigenvalue weighted by Gasteiger charge is 2.43. The van der Waals surface area contributed by atoms with Crippen molar-refractivity contribution < 1.29 is 27.8 Å². The number of hydrogen-bond donors (Lipinski definition) is 1. The van der Waals surface area contributed by atoms with Crippen molar-refractivity contribution in [3.8, 4) is 11.5 Å². The minimum atomic E-state index is -3.69. The lowest BCUT2D eigenvalue weighted by atomic mass is 10.1. The Balaban J connectivity index is 1.24. The van der Waals surface area contributed by atoms with Gasteiger partial charge in [0, 0.05) is 31.5 Å². The van der Waals surface area contributed by atoms with Crippen LogP contribution in [0.15, 0.2) is 23.4 Å². The molecule has 4 heterocycles. The topological polar surface area (TPSA) is 90.7 Å². The van der Waals surface area contributed by atoms with Crippen molar-refractivity contribution in [1.82, 2.24) is 14.8 Å². The Morgan fingerprint density at radius 2 is 1.97 bits per heavy atom. The summed E-state index contributed by atoms with van der Waals surface area (Å²) in [7, 11) is 0. The number of carbonyl (C=O) groups excluding carboxylic acids is 1. The number of fused-ring (bicyclic) bond motifs is 1. The van der Waals surface area contributed by atoms with Crippen LogP contribution in [0.4, 0.5) is 20.4 Å². The van der Waals surface area contributed by atoms with E-state index in [2.05, 4.69) is 34.5 Å². The number of nitrogens with zero attached hydrogens (tertiary/aromatic N) is 4. The van der Waals surface area contributed by atoms with Crippen LogP contribution in [0.5, 0.6) is 11.5 Å². The second-order valence-corrected chi connectivity index (χ2v) is 9.18. The summed E-state index contributed by atoms with van der Waals surface area (Å²) in [6, 6.07) is 4.13. The molecule has 12 heteroatoms. The van der Waals surface area contributed by atoms with Gasteiger partial charge in [0.05, 0.1) is 18.4 Å². The molecule has 1 N–H and O–H groups in total. The molecule has 1 aromatic heterocycles. The van der Waals surface area contributed by atoms with Crippen molar-refractivity contribution in [3.63, 3.8) is 0 Å². The second kappa shape index (κ2) is 9.34. The van der Waals surface area contributed by atoms with E-state index >= 15 is 0 Å². The van der Waals surface area contributed by atoms with E-state index in [1.165, 1.54) is 36.4 Å². The van der Waals surface area contributed by atoms with Crippen LogP contribution >= 0.6 is 11.8 Å². The predicted octanol–water partition coefficient (Wildman–Crippen LogP) is 3.50. The Morgan fingerprint density at radius 3 is 2.76 bits per heavy atom. The number of nitrogens with one attached hydrogen (secondary N) is 1. The third kappa shape index (κ3) is 5.16. The van der Waals surface area contributed by atoms with Crippen LogP contribution in [0.25, 0.3) is 0 Å². The van der Waals surface area contributed by atoms with Gasteiger partial charge in [-0.25, -0.2) is 0 Å². The number of anilines is 2. The molecule has 5 rings (SSSR count). The van der Waals surface area contributed by atoms with E-state index in [1.807, 2.05) is 0 Å². The summed E-state index contributed by atoms with van der Waals surface area (Å²) >= 11 is 1.29. The van der Waals surface area contributed by atoms with E-state index < -0.39 is 6.29 Å². The van der Waals surface area contributed by atoms with Crippen LogP contribution in [0, 0.1) is 0 Å². The molecule has 1 amide bonds. The maximum atomic E-state index is 13.2. The molecule has 0 radical (unpaired) electrons. The number of halogens is 2. The number of alkyl halides is 2. The summed E-state index contributed by atoms with van der Waals surface area (Å²) in [5.41, 5.74) is 0.343. The molecule has 0 saturated carbocycles. The molecule has 9 nitrogen and oxygen atoms in total. The van der Waals surface area contributed by atoms with Crippen LogP contribution in [0.1, 0.15) is 32.1 Å². The maximum Gasteiger partial charge on any atom is 0.586 e. The van der Waals surface area contributed by atoms with Crippen molar-refractivity contribution in [3.05, 3.63) is 18.2 Å². The van der Waals surface area contributed by atoms with Gasteiger partial charge in [-0.05, 0) is 44.2 Å². The third-order valence-electron chi connectivity index (χ3n) is 5.76. The van der Waals surface area contributed by atoms with Gasteiger partial charge in [-0.2, -0.15) is 0 Å². The number of thioether (sulfide) groups is 1. The molecule has 0 bridgehead atoms. The SMILES string of the molecule is O=C(CSc1nnc(N2CCCCC2)n1CC1CCCO1)Nc1ccc2c(c1)OC(F)(F)O2. The molecule has 33 heavy (non-hydrogen) atoms. The van der Waals surface area contributed by atoms with Gasteiger partial charge in [0.1, 0.15) is 0 Å². The molecule has 1 unspecified atom stereocenters. The quantitative estimate of drug-likeness (QED) is 0.601. The molecule has 0 spiro atoms. The lowest BCUT2D eigenvalue weighted by Gasteiger charge is -2.28. The van der Waals surface area contributed by atoms with Gasteiger partial charge in [-0.1, -0.05) is 11.8 Å². The average molecular weight is 482 g/mol. The normalized spacial score (nSPS) is 21.4. The molecular formula is C21H25F2N5O4S. The van der Waals surface area contributed by atoms with Gasteiger partial charge in [-0.3, -0.25) is 9.36 Å². The van der Waals surface area contributed by atoms with Crippen LogP contribution < -0.4 is 19.7 Å². The first-order valence-electron chi connectivity index (χ1n) is 11.1. The van der Waals surface area contributed by atoms with E-state index in [0.29, 0.717) is 17.4 Å². The summed E-state index contributed by atoms with van der Waals surface area (Å²) in [6.07, 6.45) is 1.92. The number of hydrogen-bond acceptors (Lipinski definition) is 8. The highest BCUT2D eigenvalue weighted by atomic mass is 32.2. The van der Waals surface area contributed by atoms with Gasteiger partial charge in [0.2, 0.25) is 11.9 Å². The zero-order valence-electron chi connectivity index (χ0n) is 18.0. The molecule has 3 aliphatic rings. The van der Waals surface area contributed by atoms with Crippen molar-refractivity contribution in [1.29, 1.82) is 0 Å². The highest BCUT2D eigenvalue weighted by Crippen LogP contribution is 2.42. The van der Waals surface area contributed by atoms with Gasteiger partial charge < -0.3 is 24.4 Å². The Morgan fingerprint density at radius 1 is 1.15 bits per heavy atom. The average Bonchev–Trinajstić information content (AvgIpc) is 3.51. The number of rotatable bonds is 7. The van der Waals surface area contributed by atoms with Gasteiger partial charge in [0.25, 0.3) is 0 Å². The monoisotopic (exact) mass is 481 g/mol. The fraction of sp³-hybridized carbons (Fsp3) is 0.571. The molecule has 1 aromatic carbocycles. The molecule has 3 aliphatic heterocycles. The number of amides is 1. The number of ether oxygens (including phenoxy) is 3. The molecule has 178 valence electrons. The molecular weight excluding hydrogens is 456 g/mol.